The molecule has 2 amide bonds. The average molecular weight is 735 g/mol. The second-order valence-corrected chi connectivity index (χ2v) is 17.0. The summed E-state index contributed by atoms with van der Waals surface area (Å²) in [7, 11) is 1.43. The van der Waals surface area contributed by atoms with E-state index in [1.165, 1.54) is 19.1 Å². The molecule has 2 heterocycles. The van der Waals surface area contributed by atoms with E-state index in [-0.39, 0.29) is 34.5 Å². The standard InChI is InChI=1S/C44H54N4O4S/c1-43(2,3)34-16-14-30(15-17-34)27-46-40(49)33-20-21-45-39(25-33)36-26-35(48-22-9-8-10-23-48)18-19-38(36)47-41(50)32-13-11-12-31(24-32)28-53-29-37(42(51)52-7)44(4,5)6/h11-21,24-26,37H,8-10,22-23,27-29H2,1-7H3,(H,46,49)(H,47,50). The van der Waals surface area contributed by atoms with Crippen LogP contribution >= 0.6 is 11.8 Å². The number of amides is 2. The fraction of sp³-hybridized carbons (Fsp3) is 0.409. The Morgan fingerprint density at radius 1 is 0.830 bits per heavy atom. The van der Waals surface area contributed by atoms with Crippen LogP contribution < -0.4 is 15.5 Å². The Bertz CT molecular complexity index is 1890. The minimum absolute atomic E-state index is 0.0616. The van der Waals surface area contributed by atoms with Gasteiger partial charge in [0.1, 0.15) is 0 Å². The first-order valence-electron chi connectivity index (χ1n) is 18.5. The largest absolute Gasteiger partial charge is 0.469 e. The highest BCUT2D eigenvalue weighted by atomic mass is 32.2. The van der Waals surface area contributed by atoms with Crippen LogP contribution in [0.3, 0.4) is 0 Å². The number of pyridine rings is 1. The number of carbonyl (C=O) groups excluding carboxylic acids is 3. The lowest BCUT2D eigenvalue weighted by molar-refractivity contribution is -0.148. The van der Waals surface area contributed by atoms with Crippen molar-refractivity contribution in [2.24, 2.45) is 11.3 Å². The Morgan fingerprint density at radius 2 is 1.55 bits per heavy atom. The fourth-order valence-corrected chi connectivity index (χ4v) is 7.84. The lowest BCUT2D eigenvalue weighted by atomic mass is 9.82. The molecule has 280 valence electrons. The average Bonchev–Trinajstić information content (AvgIpc) is 3.15. The molecule has 3 aromatic carbocycles. The minimum Gasteiger partial charge on any atom is -0.469 e. The molecular weight excluding hydrogens is 681 g/mol. The second kappa shape index (κ2) is 17.5. The zero-order chi connectivity index (χ0) is 38.2. The predicted octanol–water partition coefficient (Wildman–Crippen LogP) is 9.29. The Kier molecular flexibility index (Phi) is 13.0. The van der Waals surface area contributed by atoms with Crippen LogP contribution in [0.5, 0.6) is 0 Å². The van der Waals surface area contributed by atoms with Crippen LogP contribution in [0.25, 0.3) is 11.3 Å². The molecule has 4 aromatic rings. The Labute approximate surface area is 319 Å². The summed E-state index contributed by atoms with van der Waals surface area (Å²) < 4.78 is 5.06. The smallest absolute Gasteiger partial charge is 0.310 e. The van der Waals surface area contributed by atoms with Crippen LogP contribution in [0, 0.1) is 11.3 Å². The van der Waals surface area contributed by atoms with Crippen molar-refractivity contribution in [3.8, 4) is 11.3 Å². The molecule has 1 saturated heterocycles. The Morgan fingerprint density at radius 3 is 2.23 bits per heavy atom. The molecule has 0 saturated carbocycles. The number of benzene rings is 3. The molecule has 1 fully saturated rings. The van der Waals surface area contributed by atoms with Gasteiger partial charge in [0.15, 0.2) is 0 Å². The Balaban J connectivity index is 1.34. The van der Waals surface area contributed by atoms with Crippen molar-refractivity contribution in [3.63, 3.8) is 0 Å². The van der Waals surface area contributed by atoms with Gasteiger partial charge in [0.05, 0.1) is 24.4 Å². The molecule has 0 bridgehead atoms. The Hall–Kier alpha value is -4.63. The first-order chi connectivity index (χ1) is 25.2. The summed E-state index contributed by atoms with van der Waals surface area (Å²) >= 11 is 1.65. The van der Waals surface area contributed by atoms with Crippen molar-refractivity contribution in [1.82, 2.24) is 10.3 Å². The number of carbonyl (C=O) groups is 3. The molecule has 0 radical (unpaired) electrons. The molecule has 0 spiro atoms. The topological polar surface area (TPSA) is 101 Å². The van der Waals surface area contributed by atoms with Gasteiger partial charge in [0.25, 0.3) is 11.8 Å². The van der Waals surface area contributed by atoms with Gasteiger partial charge < -0.3 is 20.3 Å². The van der Waals surface area contributed by atoms with E-state index in [0.29, 0.717) is 40.6 Å². The molecule has 1 unspecified atom stereocenters. The number of piperidine rings is 1. The molecular formula is C44H54N4O4S. The van der Waals surface area contributed by atoms with Crippen molar-refractivity contribution in [2.45, 2.75) is 78.5 Å². The summed E-state index contributed by atoms with van der Waals surface area (Å²) in [6, 6.07) is 25.5. The number of rotatable bonds is 12. The van der Waals surface area contributed by atoms with E-state index in [1.807, 2.05) is 51.1 Å². The quantitative estimate of drug-likeness (QED) is 0.140. The number of thioether (sulfide) groups is 1. The number of nitrogens with zero attached hydrogens (tertiary/aromatic N) is 2. The number of ether oxygens (including phenoxy) is 1. The van der Waals surface area contributed by atoms with Crippen LogP contribution in [0.2, 0.25) is 0 Å². The van der Waals surface area contributed by atoms with Crippen molar-refractivity contribution in [3.05, 3.63) is 113 Å². The second-order valence-electron chi connectivity index (χ2n) is 15.9. The van der Waals surface area contributed by atoms with Gasteiger partial charge in [-0.15, -0.1) is 0 Å². The molecule has 1 aromatic heterocycles. The van der Waals surface area contributed by atoms with E-state index in [4.69, 9.17) is 4.74 Å². The van der Waals surface area contributed by atoms with Crippen LogP contribution in [-0.4, -0.2) is 48.7 Å². The van der Waals surface area contributed by atoms with E-state index in [1.54, 1.807) is 36.2 Å². The van der Waals surface area contributed by atoms with Crippen LogP contribution in [0.15, 0.2) is 85.1 Å². The zero-order valence-electron chi connectivity index (χ0n) is 32.3. The molecule has 1 aliphatic rings. The maximum atomic E-state index is 13.8. The fourth-order valence-electron chi connectivity index (χ4n) is 6.43. The zero-order valence-corrected chi connectivity index (χ0v) is 33.1. The van der Waals surface area contributed by atoms with Gasteiger partial charge in [-0.25, -0.2) is 0 Å². The molecule has 5 rings (SSSR count). The van der Waals surface area contributed by atoms with Crippen LogP contribution in [0.4, 0.5) is 11.4 Å². The maximum Gasteiger partial charge on any atom is 0.310 e. The van der Waals surface area contributed by atoms with E-state index in [2.05, 4.69) is 71.6 Å². The number of hydrogen-bond donors (Lipinski definition) is 2. The summed E-state index contributed by atoms with van der Waals surface area (Å²) in [5, 5.41) is 6.20. The maximum absolute atomic E-state index is 13.8. The highest BCUT2D eigenvalue weighted by molar-refractivity contribution is 7.98. The van der Waals surface area contributed by atoms with Crippen molar-refractivity contribution in [1.29, 1.82) is 0 Å². The third kappa shape index (κ3) is 10.7. The van der Waals surface area contributed by atoms with Gasteiger partial charge in [-0.1, -0.05) is 77.9 Å². The highest BCUT2D eigenvalue weighted by Crippen LogP contribution is 2.34. The monoisotopic (exact) mass is 734 g/mol. The number of anilines is 2. The first-order valence-corrected chi connectivity index (χ1v) is 19.7. The number of esters is 1. The van der Waals surface area contributed by atoms with Crippen molar-refractivity contribution in [2.75, 3.05) is 36.2 Å². The highest BCUT2D eigenvalue weighted by Gasteiger charge is 2.32. The SMILES string of the molecule is COC(=O)C(CSCc1cccc(C(=O)Nc2ccc(N3CCCCC3)cc2-c2cc(C(=O)NCc3ccc(C(C)(C)C)cc3)ccn2)c1)C(C)(C)C. The van der Waals surface area contributed by atoms with E-state index < -0.39 is 0 Å². The molecule has 9 heteroatoms. The number of nitrogens with one attached hydrogen (secondary N) is 2. The third-order valence-electron chi connectivity index (χ3n) is 9.82. The molecule has 0 aliphatic carbocycles. The molecule has 1 atom stereocenters. The predicted molar refractivity (Wildman–Crippen MR) is 218 cm³/mol. The summed E-state index contributed by atoms with van der Waals surface area (Å²) in [6.07, 6.45) is 5.13. The van der Waals surface area contributed by atoms with E-state index in [9.17, 15) is 14.4 Å². The number of aromatic nitrogens is 1. The van der Waals surface area contributed by atoms with Crippen LogP contribution in [0.1, 0.15) is 98.2 Å². The summed E-state index contributed by atoms with van der Waals surface area (Å²) in [4.78, 5) is 46.6. The van der Waals surface area contributed by atoms with Gasteiger partial charge >= 0.3 is 5.97 Å². The number of methoxy groups -OCH3 is 1. The van der Waals surface area contributed by atoms with Gasteiger partial charge in [-0.3, -0.25) is 19.4 Å². The van der Waals surface area contributed by atoms with Gasteiger partial charge in [0, 0.05) is 59.7 Å². The summed E-state index contributed by atoms with van der Waals surface area (Å²) in [5.74, 6) is 0.399. The summed E-state index contributed by atoms with van der Waals surface area (Å²) in [6.45, 7) is 15.0. The molecule has 8 nitrogen and oxygen atoms in total. The lowest BCUT2D eigenvalue weighted by Gasteiger charge is -2.29. The van der Waals surface area contributed by atoms with Gasteiger partial charge in [-0.05, 0) is 89.2 Å². The first kappa shape index (κ1) is 39.6. The third-order valence-corrected chi connectivity index (χ3v) is 10.9. The van der Waals surface area contributed by atoms with Gasteiger partial charge in [0.2, 0.25) is 0 Å². The van der Waals surface area contributed by atoms with Gasteiger partial charge in [-0.2, -0.15) is 11.8 Å². The molecule has 2 N–H and O–H groups in total. The summed E-state index contributed by atoms with van der Waals surface area (Å²) in [5.41, 5.74) is 7.16. The van der Waals surface area contributed by atoms with E-state index >= 15 is 0 Å². The molecule has 1 aliphatic heterocycles. The van der Waals surface area contributed by atoms with Crippen molar-refractivity contribution >= 4 is 40.9 Å². The van der Waals surface area contributed by atoms with E-state index in [0.717, 1.165) is 48.3 Å². The lowest BCUT2D eigenvalue weighted by Crippen LogP contribution is -2.31. The van der Waals surface area contributed by atoms with Crippen LogP contribution in [-0.2, 0) is 27.2 Å². The normalized spacial score (nSPS) is 14.0. The van der Waals surface area contributed by atoms with Crippen molar-refractivity contribution < 1.29 is 19.1 Å². The molecule has 53 heavy (non-hydrogen) atoms. The number of hydrogen-bond acceptors (Lipinski definition) is 7. The minimum atomic E-state index is -0.239.